The molecule has 1 aromatic carbocycles. The van der Waals surface area contributed by atoms with Gasteiger partial charge < -0.3 is 18.9 Å². The molecule has 4 rings (SSSR count). The fraction of sp³-hybridized carbons (Fsp3) is 0.438. The number of aromatic nitrogens is 2. The molecule has 8 heteroatoms. The van der Waals surface area contributed by atoms with Crippen LogP contribution >= 0.6 is 11.6 Å². The van der Waals surface area contributed by atoms with Gasteiger partial charge in [0.15, 0.2) is 17.3 Å². The summed E-state index contributed by atoms with van der Waals surface area (Å²) in [4.78, 5) is 19.0. The van der Waals surface area contributed by atoms with E-state index in [0.29, 0.717) is 53.6 Å². The van der Waals surface area contributed by atoms with Crippen LogP contribution < -0.4 is 9.47 Å². The summed E-state index contributed by atoms with van der Waals surface area (Å²) in [5.74, 6) is 1.90. The van der Waals surface area contributed by atoms with E-state index in [4.69, 9.17) is 25.6 Å². The number of fused-ring (bicyclic) bond motifs is 1. The smallest absolute Gasteiger partial charge is 0.254 e. The van der Waals surface area contributed by atoms with Crippen molar-refractivity contribution in [2.45, 2.75) is 25.8 Å². The molecule has 126 valence electrons. The highest BCUT2D eigenvalue weighted by Gasteiger charge is 2.34. The van der Waals surface area contributed by atoms with Crippen molar-refractivity contribution in [3.05, 3.63) is 34.4 Å². The number of amides is 1. The molecule has 0 spiro atoms. The first-order valence-corrected chi connectivity index (χ1v) is 8.21. The van der Waals surface area contributed by atoms with Crippen molar-refractivity contribution in [2.24, 2.45) is 0 Å². The second-order valence-corrected chi connectivity index (χ2v) is 6.22. The van der Waals surface area contributed by atoms with E-state index >= 15 is 0 Å². The number of nitrogens with zero attached hydrogens (tertiary/aromatic N) is 3. The Morgan fingerprint density at radius 1 is 1.33 bits per heavy atom. The fourth-order valence-corrected chi connectivity index (χ4v) is 3.39. The van der Waals surface area contributed by atoms with Crippen molar-refractivity contribution in [1.82, 2.24) is 15.0 Å². The van der Waals surface area contributed by atoms with Crippen LogP contribution in [0.3, 0.4) is 0 Å². The van der Waals surface area contributed by atoms with Crippen LogP contribution in [-0.2, 0) is 0 Å². The van der Waals surface area contributed by atoms with E-state index in [0.717, 1.165) is 12.8 Å². The van der Waals surface area contributed by atoms with Gasteiger partial charge in [0.2, 0.25) is 5.89 Å². The van der Waals surface area contributed by atoms with Crippen LogP contribution in [0.25, 0.3) is 0 Å². The molecule has 1 amide bonds. The molecule has 3 heterocycles. The molecule has 0 aliphatic carbocycles. The van der Waals surface area contributed by atoms with Crippen molar-refractivity contribution in [3.8, 4) is 11.5 Å². The van der Waals surface area contributed by atoms with E-state index in [1.54, 1.807) is 24.0 Å². The van der Waals surface area contributed by atoms with Crippen LogP contribution in [-0.4, -0.2) is 40.7 Å². The Bertz CT molecular complexity index is 792. The minimum atomic E-state index is -0.179. The first kappa shape index (κ1) is 15.3. The Morgan fingerprint density at radius 3 is 2.96 bits per heavy atom. The van der Waals surface area contributed by atoms with Gasteiger partial charge in [-0.3, -0.25) is 4.79 Å². The zero-order valence-electron chi connectivity index (χ0n) is 13.1. The van der Waals surface area contributed by atoms with Crippen LogP contribution in [0, 0.1) is 6.92 Å². The number of carbonyl (C=O) groups is 1. The molecule has 1 saturated heterocycles. The second-order valence-electron chi connectivity index (χ2n) is 5.81. The molecular weight excluding hydrogens is 334 g/mol. The number of ether oxygens (including phenoxy) is 2. The summed E-state index contributed by atoms with van der Waals surface area (Å²) < 4.78 is 16.1. The monoisotopic (exact) mass is 349 g/mol. The van der Waals surface area contributed by atoms with Gasteiger partial charge in [-0.05, 0) is 25.0 Å². The van der Waals surface area contributed by atoms with Gasteiger partial charge in [-0.1, -0.05) is 16.8 Å². The highest BCUT2D eigenvalue weighted by molar-refractivity contribution is 6.32. The lowest BCUT2D eigenvalue weighted by molar-refractivity contribution is 0.0727. The molecule has 24 heavy (non-hydrogen) atoms. The Balaban J connectivity index is 1.64. The van der Waals surface area contributed by atoms with E-state index in [1.807, 2.05) is 0 Å². The van der Waals surface area contributed by atoms with E-state index in [1.165, 1.54) is 0 Å². The zero-order valence-corrected chi connectivity index (χ0v) is 13.9. The average Bonchev–Trinajstić information content (AvgIpc) is 3.22. The maximum Gasteiger partial charge on any atom is 0.254 e. The molecule has 2 aliphatic heterocycles. The summed E-state index contributed by atoms with van der Waals surface area (Å²) in [5.41, 5.74) is 0.469. The first-order valence-electron chi connectivity index (χ1n) is 7.84. The Labute approximate surface area is 143 Å². The normalized spacial score (nSPS) is 19.6. The summed E-state index contributed by atoms with van der Waals surface area (Å²) in [6.45, 7) is 3.27. The molecule has 0 radical (unpaired) electrons. The quantitative estimate of drug-likeness (QED) is 0.829. The number of halogens is 1. The summed E-state index contributed by atoms with van der Waals surface area (Å²) in [6.07, 6.45) is 1.70. The van der Waals surface area contributed by atoms with E-state index < -0.39 is 0 Å². The molecule has 1 fully saturated rings. The van der Waals surface area contributed by atoms with Crippen LogP contribution in [0.1, 0.15) is 41.0 Å². The maximum absolute atomic E-state index is 13.0. The lowest BCUT2D eigenvalue weighted by atomic mass is 10.1. The van der Waals surface area contributed by atoms with Crippen molar-refractivity contribution in [3.63, 3.8) is 0 Å². The number of rotatable bonds is 2. The van der Waals surface area contributed by atoms with E-state index in [9.17, 15) is 4.79 Å². The summed E-state index contributed by atoms with van der Waals surface area (Å²) in [6, 6.07) is 3.12. The fourth-order valence-electron chi connectivity index (χ4n) is 3.13. The third-order valence-corrected chi connectivity index (χ3v) is 4.48. The van der Waals surface area contributed by atoms with Crippen LogP contribution in [0.15, 0.2) is 16.7 Å². The van der Waals surface area contributed by atoms with Gasteiger partial charge in [-0.15, -0.1) is 0 Å². The van der Waals surface area contributed by atoms with E-state index in [2.05, 4.69) is 10.1 Å². The predicted octanol–water partition coefficient (Wildman–Crippen LogP) is 2.78. The van der Waals surface area contributed by atoms with Gasteiger partial charge >= 0.3 is 0 Å². The summed E-state index contributed by atoms with van der Waals surface area (Å²) in [5, 5.41) is 4.34. The highest BCUT2D eigenvalue weighted by Crippen LogP contribution is 2.39. The number of benzene rings is 1. The van der Waals surface area contributed by atoms with Gasteiger partial charge in [-0.25, -0.2) is 0 Å². The third kappa shape index (κ3) is 2.58. The average molecular weight is 350 g/mol. The number of aryl methyl sites for hydroxylation is 1. The standard InChI is InChI=1S/C16H16ClN3O4/c1-9-18-15(19-24-9)12-3-2-4-20(12)16(21)10-7-11(17)14-13(8-10)22-5-6-23-14/h7-8,12H,2-6H2,1H3. The molecule has 1 aromatic heterocycles. The van der Waals surface area contributed by atoms with Crippen molar-refractivity contribution < 1.29 is 18.8 Å². The Morgan fingerprint density at radius 2 is 2.17 bits per heavy atom. The van der Waals surface area contributed by atoms with Crippen molar-refractivity contribution in [2.75, 3.05) is 19.8 Å². The van der Waals surface area contributed by atoms with E-state index in [-0.39, 0.29) is 11.9 Å². The number of hydrogen-bond donors (Lipinski definition) is 0. The SMILES string of the molecule is Cc1nc(C2CCCN2C(=O)c2cc(Cl)c3c(c2)OCCO3)no1. The largest absolute Gasteiger partial charge is 0.486 e. The molecule has 1 atom stereocenters. The maximum atomic E-state index is 13.0. The number of hydrogen-bond acceptors (Lipinski definition) is 6. The lowest BCUT2D eigenvalue weighted by Crippen LogP contribution is -2.31. The molecule has 7 nitrogen and oxygen atoms in total. The molecule has 1 unspecified atom stereocenters. The molecule has 0 saturated carbocycles. The van der Waals surface area contributed by atoms with Gasteiger partial charge in [0.25, 0.3) is 5.91 Å². The number of likely N-dealkylation sites (tertiary alicyclic amines) is 1. The lowest BCUT2D eigenvalue weighted by Gasteiger charge is -2.24. The van der Waals surface area contributed by atoms with Gasteiger partial charge in [0.1, 0.15) is 13.2 Å². The van der Waals surface area contributed by atoms with Crippen LogP contribution in [0.4, 0.5) is 0 Å². The summed E-state index contributed by atoms with van der Waals surface area (Å²) >= 11 is 6.24. The molecular formula is C16H16ClN3O4. The molecule has 2 aliphatic rings. The minimum Gasteiger partial charge on any atom is -0.486 e. The minimum absolute atomic E-state index is 0.126. The van der Waals surface area contributed by atoms with Gasteiger partial charge in [0, 0.05) is 19.0 Å². The second kappa shape index (κ2) is 5.98. The number of carbonyl (C=O) groups excluding carboxylic acids is 1. The zero-order chi connectivity index (χ0) is 16.7. The summed E-state index contributed by atoms with van der Waals surface area (Å²) in [7, 11) is 0. The highest BCUT2D eigenvalue weighted by atomic mass is 35.5. The molecule has 0 N–H and O–H groups in total. The Hall–Kier alpha value is -2.28. The molecule has 2 aromatic rings. The van der Waals surface area contributed by atoms with Crippen LogP contribution in [0.2, 0.25) is 5.02 Å². The van der Waals surface area contributed by atoms with Crippen molar-refractivity contribution in [1.29, 1.82) is 0 Å². The van der Waals surface area contributed by atoms with Gasteiger partial charge in [0.05, 0.1) is 11.1 Å². The van der Waals surface area contributed by atoms with Crippen LogP contribution in [0.5, 0.6) is 11.5 Å². The Kier molecular flexibility index (Phi) is 3.80. The van der Waals surface area contributed by atoms with Crippen molar-refractivity contribution >= 4 is 17.5 Å². The first-order chi connectivity index (χ1) is 11.6. The third-order valence-electron chi connectivity index (χ3n) is 4.20. The predicted molar refractivity (Wildman–Crippen MR) is 84.5 cm³/mol. The molecule has 0 bridgehead atoms. The topological polar surface area (TPSA) is 77.7 Å². The van der Waals surface area contributed by atoms with Gasteiger partial charge in [-0.2, -0.15) is 4.98 Å².